The zero-order valence-corrected chi connectivity index (χ0v) is 12.6. The predicted molar refractivity (Wildman–Crippen MR) is 81.0 cm³/mol. The van der Waals surface area contributed by atoms with Crippen LogP contribution < -0.4 is 5.32 Å². The molecule has 2 nitrogen and oxygen atoms in total. The molecule has 1 aromatic carbocycles. The molecule has 0 aromatic heterocycles. The van der Waals surface area contributed by atoms with Crippen molar-refractivity contribution in [1.82, 2.24) is 10.2 Å². The molecule has 0 bridgehead atoms. The lowest BCUT2D eigenvalue weighted by molar-refractivity contribution is 0.160. The molecule has 0 unspecified atom stereocenters. The van der Waals surface area contributed by atoms with Crippen molar-refractivity contribution in [3.8, 4) is 0 Å². The van der Waals surface area contributed by atoms with Gasteiger partial charge in [-0.25, -0.2) is 0 Å². The summed E-state index contributed by atoms with van der Waals surface area (Å²) in [5, 5.41) is 4.75. The van der Waals surface area contributed by atoms with E-state index in [-0.39, 0.29) is 0 Å². The van der Waals surface area contributed by atoms with Crippen molar-refractivity contribution in [1.29, 1.82) is 0 Å². The van der Waals surface area contributed by atoms with Gasteiger partial charge in [-0.15, -0.1) is 0 Å². The molecule has 19 heavy (non-hydrogen) atoms. The van der Waals surface area contributed by atoms with Crippen LogP contribution in [-0.4, -0.2) is 31.1 Å². The first-order chi connectivity index (χ1) is 9.24. The van der Waals surface area contributed by atoms with E-state index in [0.717, 1.165) is 32.1 Å². The largest absolute Gasteiger partial charge is 0.314 e. The minimum Gasteiger partial charge on any atom is -0.314 e. The first kappa shape index (κ1) is 13.7. The van der Waals surface area contributed by atoms with Gasteiger partial charge in [0.15, 0.2) is 0 Å². The number of hydrogen-bond acceptors (Lipinski definition) is 2. The highest BCUT2D eigenvalue weighted by Crippen LogP contribution is 2.41. The topological polar surface area (TPSA) is 15.3 Å². The van der Waals surface area contributed by atoms with E-state index in [1.165, 1.54) is 24.8 Å². The van der Waals surface area contributed by atoms with Crippen LogP contribution in [0.4, 0.5) is 0 Å². The van der Waals surface area contributed by atoms with Crippen molar-refractivity contribution in [2.45, 2.75) is 25.3 Å². The van der Waals surface area contributed by atoms with Crippen LogP contribution in [0.25, 0.3) is 0 Å². The Balaban J connectivity index is 1.81. The molecule has 104 valence electrons. The molecule has 0 amide bonds. The fraction of sp³-hybridized carbons (Fsp3) is 0.600. The van der Waals surface area contributed by atoms with Crippen LogP contribution in [-0.2, 0) is 0 Å². The molecule has 3 rings (SSSR count). The highest BCUT2D eigenvalue weighted by atomic mass is 35.5. The fourth-order valence-corrected chi connectivity index (χ4v) is 3.19. The Labute approximate surface area is 125 Å². The summed E-state index contributed by atoms with van der Waals surface area (Å²) in [7, 11) is 0. The zero-order chi connectivity index (χ0) is 13.2. The summed E-state index contributed by atoms with van der Waals surface area (Å²) >= 11 is 12.2. The maximum Gasteiger partial charge on any atom is 0.0595 e. The summed E-state index contributed by atoms with van der Waals surface area (Å²) in [5.74, 6) is 0.911. The van der Waals surface area contributed by atoms with E-state index in [1.807, 2.05) is 6.07 Å². The fourth-order valence-electron chi connectivity index (χ4n) is 2.88. The van der Waals surface area contributed by atoms with Crippen LogP contribution in [0.5, 0.6) is 0 Å². The summed E-state index contributed by atoms with van der Waals surface area (Å²) in [6.45, 7) is 4.42. The van der Waals surface area contributed by atoms with Gasteiger partial charge in [0.1, 0.15) is 0 Å². The molecule has 1 N–H and O–H groups in total. The lowest BCUT2D eigenvalue weighted by Crippen LogP contribution is -2.45. The predicted octanol–water partition coefficient (Wildman–Crippen LogP) is 3.74. The summed E-state index contributed by atoms with van der Waals surface area (Å²) < 4.78 is 0. The minimum absolute atomic E-state index is 0.504. The standard InChI is InChI=1S/C15H20Cl2N2/c16-13-4-3-12(10-14(13)17)15(9-11-1-2-11)19-7-5-18-6-8-19/h3-4,10-11,15,18H,1-2,5-9H2/t15-/m0/s1. The van der Waals surface area contributed by atoms with Gasteiger partial charge in [0.2, 0.25) is 0 Å². The third-order valence-corrected chi connectivity index (χ3v) is 4.91. The number of halogens is 2. The second-order valence-electron chi connectivity index (χ2n) is 5.65. The number of piperazine rings is 1. The number of nitrogens with one attached hydrogen (secondary N) is 1. The highest BCUT2D eigenvalue weighted by Gasteiger charge is 2.30. The van der Waals surface area contributed by atoms with Crippen LogP contribution in [0, 0.1) is 5.92 Å². The van der Waals surface area contributed by atoms with Crippen LogP contribution >= 0.6 is 23.2 Å². The molecule has 1 aliphatic carbocycles. The van der Waals surface area contributed by atoms with Crippen molar-refractivity contribution in [3.63, 3.8) is 0 Å². The van der Waals surface area contributed by atoms with E-state index in [4.69, 9.17) is 23.2 Å². The molecule has 1 heterocycles. The molecule has 2 fully saturated rings. The second-order valence-corrected chi connectivity index (χ2v) is 6.47. The van der Waals surface area contributed by atoms with Gasteiger partial charge in [-0.3, -0.25) is 4.90 Å². The maximum atomic E-state index is 6.19. The summed E-state index contributed by atoms with van der Waals surface area (Å²) in [4.78, 5) is 2.59. The van der Waals surface area contributed by atoms with E-state index in [9.17, 15) is 0 Å². The lowest BCUT2D eigenvalue weighted by atomic mass is 9.98. The minimum atomic E-state index is 0.504. The Kier molecular flexibility index (Phi) is 4.33. The van der Waals surface area contributed by atoms with Crippen LogP contribution in [0.3, 0.4) is 0 Å². The van der Waals surface area contributed by atoms with E-state index in [0.29, 0.717) is 16.1 Å². The molecule has 0 spiro atoms. The molecule has 1 aromatic rings. The molecule has 1 atom stereocenters. The molecule has 1 saturated carbocycles. The van der Waals surface area contributed by atoms with Crippen molar-refractivity contribution in [2.24, 2.45) is 5.92 Å². The zero-order valence-electron chi connectivity index (χ0n) is 11.0. The molecule has 0 radical (unpaired) electrons. The average molecular weight is 299 g/mol. The van der Waals surface area contributed by atoms with Crippen LogP contribution in [0.2, 0.25) is 10.0 Å². The Morgan fingerprint density at radius 2 is 1.89 bits per heavy atom. The highest BCUT2D eigenvalue weighted by molar-refractivity contribution is 6.42. The van der Waals surface area contributed by atoms with Gasteiger partial charge in [0, 0.05) is 32.2 Å². The molecular formula is C15H20Cl2N2. The van der Waals surface area contributed by atoms with Gasteiger partial charge in [0.25, 0.3) is 0 Å². The average Bonchev–Trinajstić information content (AvgIpc) is 3.24. The number of rotatable bonds is 4. The smallest absolute Gasteiger partial charge is 0.0595 e. The van der Waals surface area contributed by atoms with Crippen molar-refractivity contribution >= 4 is 23.2 Å². The van der Waals surface area contributed by atoms with Crippen molar-refractivity contribution in [3.05, 3.63) is 33.8 Å². The lowest BCUT2D eigenvalue weighted by Gasteiger charge is -2.35. The monoisotopic (exact) mass is 298 g/mol. The SMILES string of the molecule is Clc1ccc([C@H](CC2CC2)N2CCNCC2)cc1Cl. The third-order valence-electron chi connectivity index (χ3n) is 4.17. The first-order valence-corrected chi connectivity index (χ1v) is 7.89. The Hall–Kier alpha value is -0.280. The van der Waals surface area contributed by atoms with Crippen molar-refractivity contribution < 1.29 is 0 Å². The van der Waals surface area contributed by atoms with Gasteiger partial charge in [-0.2, -0.15) is 0 Å². The molecule has 4 heteroatoms. The van der Waals surface area contributed by atoms with Crippen LogP contribution in [0.1, 0.15) is 30.9 Å². The number of nitrogens with zero attached hydrogens (tertiary/aromatic N) is 1. The summed E-state index contributed by atoms with van der Waals surface area (Å²) in [6.07, 6.45) is 4.05. The van der Waals surface area contributed by atoms with Crippen molar-refractivity contribution in [2.75, 3.05) is 26.2 Å². The molecule has 1 saturated heterocycles. The Morgan fingerprint density at radius 1 is 1.16 bits per heavy atom. The van der Waals surface area contributed by atoms with Gasteiger partial charge in [-0.05, 0) is 30.0 Å². The quantitative estimate of drug-likeness (QED) is 0.911. The van der Waals surface area contributed by atoms with E-state index in [2.05, 4.69) is 22.3 Å². The van der Waals surface area contributed by atoms with Crippen LogP contribution in [0.15, 0.2) is 18.2 Å². The molecule has 1 aliphatic heterocycles. The molecule has 2 aliphatic rings. The second kappa shape index (κ2) is 6.01. The Morgan fingerprint density at radius 3 is 2.53 bits per heavy atom. The first-order valence-electron chi connectivity index (χ1n) is 7.14. The van der Waals surface area contributed by atoms with E-state index in [1.54, 1.807) is 0 Å². The summed E-state index contributed by atoms with van der Waals surface area (Å²) in [5.41, 5.74) is 1.32. The Bertz CT molecular complexity index is 440. The van der Waals surface area contributed by atoms with Gasteiger partial charge < -0.3 is 5.32 Å². The van der Waals surface area contributed by atoms with Gasteiger partial charge in [0.05, 0.1) is 10.0 Å². The normalized spacial score (nSPS) is 22.4. The number of benzene rings is 1. The van der Waals surface area contributed by atoms with E-state index >= 15 is 0 Å². The summed E-state index contributed by atoms with van der Waals surface area (Å²) in [6, 6.07) is 6.63. The maximum absolute atomic E-state index is 6.19. The van der Waals surface area contributed by atoms with Gasteiger partial charge >= 0.3 is 0 Å². The van der Waals surface area contributed by atoms with E-state index < -0.39 is 0 Å². The number of hydrogen-bond donors (Lipinski definition) is 1. The third kappa shape index (κ3) is 3.43. The molecular weight excluding hydrogens is 279 g/mol. The van der Waals surface area contributed by atoms with Gasteiger partial charge in [-0.1, -0.05) is 42.1 Å².